The third-order valence-corrected chi connectivity index (χ3v) is 5.98. The minimum absolute atomic E-state index is 0.185. The first-order valence-corrected chi connectivity index (χ1v) is 11.3. The van der Waals surface area contributed by atoms with Crippen molar-refractivity contribution in [1.82, 2.24) is 0 Å². The van der Waals surface area contributed by atoms with Gasteiger partial charge in [0.15, 0.2) is 0 Å². The minimum atomic E-state index is -0.996. The van der Waals surface area contributed by atoms with Gasteiger partial charge in [-0.25, -0.2) is 0 Å². The molecule has 0 saturated heterocycles. The SMILES string of the molecule is COc1ccc(/C=C/C(=O)N2c3ccccc3NC(=O)[C@@H]2CC(=O)Nc2ccc(C)c(C)c2)cc1. The second-order valence-electron chi connectivity index (χ2n) is 8.39. The molecular formula is C28H27N3O4. The average molecular weight is 470 g/mol. The van der Waals surface area contributed by atoms with Crippen molar-refractivity contribution in [2.45, 2.75) is 26.3 Å². The fourth-order valence-electron chi connectivity index (χ4n) is 3.92. The molecule has 0 radical (unpaired) electrons. The fourth-order valence-corrected chi connectivity index (χ4v) is 3.92. The highest BCUT2D eigenvalue weighted by Gasteiger charge is 2.37. The van der Waals surface area contributed by atoms with E-state index in [2.05, 4.69) is 10.6 Å². The number of hydrogen-bond acceptors (Lipinski definition) is 4. The molecule has 0 spiro atoms. The van der Waals surface area contributed by atoms with Crippen LogP contribution in [0.3, 0.4) is 0 Å². The van der Waals surface area contributed by atoms with Gasteiger partial charge < -0.3 is 15.4 Å². The van der Waals surface area contributed by atoms with E-state index >= 15 is 0 Å². The summed E-state index contributed by atoms with van der Waals surface area (Å²) in [5, 5.41) is 5.66. The molecule has 0 fully saturated rings. The Kier molecular flexibility index (Phi) is 6.96. The minimum Gasteiger partial charge on any atom is -0.497 e. The van der Waals surface area contributed by atoms with E-state index in [1.165, 1.54) is 11.0 Å². The number of para-hydroxylation sites is 2. The molecule has 2 N–H and O–H groups in total. The van der Waals surface area contributed by atoms with Crippen molar-refractivity contribution in [2.75, 3.05) is 22.6 Å². The standard InChI is InChI=1S/C28H27N3O4/c1-18-8-12-21(16-19(18)2)29-26(32)17-25-28(34)30-23-6-4-5-7-24(23)31(25)27(33)15-11-20-9-13-22(35-3)14-10-20/h4-16,25H,17H2,1-3H3,(H,29,32)(H,30,34)/b15-11+/t25-/m0/s1. The molecule has 0 saturated carbocycles. The molecule has 1 aliphatic heterocycles. The molecule has 7 heteroatoms. The number of anilines is 3. The van der Waals surface area contributed by atoms with E-state index < -0.39 is 17.9 Å². The molecule has 3 aromatic carbocycles. The predicted octanol–water partition coefficient (Wildman–Crippen LogP) is 4.71. The van der Waals surface area contributed by atoms with Crippen LogP contribution in [0, 0.1) is 13.8 Å². The lowest BCUT2D eigenvalue weighted by molar-refractivity contribution is -0.124. The van der Waals surface area contributed by atoms with Gasteiger partial charge >= 0.3 is 0 Å². The van der Waals surface area contributed by atoms with Crippen LogP contribution in [0.2, 0.25) is 0 Å². The first kappa shape index (κ1) is 23.8. The number of amides is 3. The number of nitrogens with one attached hydrogen (secondary N) is 2. The van der Waals surface area contributed by atoms with E-state index in [1.807, 2.05) is 44.2 Å². The summed E-state index contributed by atoms with van der Waals surface area (Å²) in [6.07, 6.45) is 2.89. The second kappa shape index (κ2) is 10.3. The van der Waals surface area contributed by atoms with Crippen molar-refractivity contribution < 1.29 is 19.1 Å². The highest BCUT2D eigenvalue weighted by atomic mass is 16.5. The molecule has 178 valence electrons. The molecule has 0 unspecified atom stereocenters. The Labute approximate surface area is 204 Å². The van der Waals surface area contributed by atoms with Crippen LogP contribution in [-0.4, -0.2) is 30.9 Å². The number of methoxy groups -OCH3 is 1. The van der Waals surface area contributed by atoms with Gasteiger partial charge in [0.1, 0.15) is 11.8 Å². The zero-order valence-electron chi connectivity index (χ0n) is 19.9. The van der Waals surface area contributed by atoms with Gasteiger partial charge in [0, 0.05) is 11.8 Å². The van der Waals surface area contributed by atoms with Crippen molar-refractivity contribution in [1.29, 1.82) is 0 Å². The van der Waals surface area contributed by atoms with Crippen LogP contribution >= 0.6 is 0 Å². The highest BCUT2D eigenvalue weighted by molar-refractivity contribution is 6.16. The molecule has 3 aromatic rings. The van der Waals surface area contributed by atoms with Gasteiger partial charge in [-0.3, -0.25) is 19.3 Å². The smallest absolute Gasteiger partial charge is 0.251 e. The fraction of sp³-hybridized carbons (Fsp3) is 0.179. The Morgan fingerprint density at radius 2 is 1.77 bits per heavy atom. The number of hydrogen-bond donors (Lipinski definition) is 2. The largest absolute Gasteiger partial charge is 0.497 e. The summed E-state index contributed by atoms with van der Waals surface area (Å²) in [7, 11) is 1.59. The zero-order valence-corrected chi connectivity index (χ0v) is 19.9. The third kappa shape index (κ3) is 5.41. The first-order valence-electron chi connectivity index (χ1n) is 11.3. The Morgan fingerprint density at radius 3 is 2.49 bits per heavy atom. The van der Waals surface area contributed by atoms with Crippen molar-refractivity contribution in [3.63, 3.8) is 0 Å². The van der Waals surface area contributed by atoms with E-state index in [4.69, 9.17) is 4.74 Å². The molecule has 0 bridgehead atoms. The summed E-state index contributed by atoms with van der Waals surface area (Å²) < 4.78 is 5.17. The van der Waals surface area contributed by atoms with Crippen molar-refractivity contribution >= 4 is 40.9 Å². The van der Waals surface area contributed by atoms with Gasteiger partial charge in [-0.05, 0) is 73.0 Å². The Morgan fingerprint density at radius 1 is 1.03 bits per heavy atom. The highest BCUT2D eigenvalue weighted by Crippen LogP contribution is 2.33. The Balaban J connectivity index is 1.58. The monoisotopic (exact) mass is 469 g/mol. The predicted molar refractivity (Wildman–Crippen MR) is 138 cm³/mol. The van der Waals surface area contributed by atoms with Crippen LogP contribution in [0.25, 0.3) is 6.08 Å². The molecule has 1 heterocycles. The molecule has 0 aromatic heterocycles. The molecular weight excluding hydrogens is 442 g/mol. The number of fused-ring (bicyclic) bond motifs is 1. The number of aryl methyl sites for hydroxylation is 2. The normalized spacial score (nSPS) is 14.9. The summed E-state index contributed by atoms with van der Waals surface area (Å²) in [6, 6.07) is 18.9. The summed E-state index contributed by atoms with van der Waals surface area (Å²) in [6.45, 7) is 3.96. The first-order chi connectivity index (χ1) is 16.9. The number of benzene rings is 3. The van der Waals surface area contributed by atoms with E-state index in [-0.39, 0.29) is 12.3 Å². The zero-order chi connectivity index (χ0) is 24.9. The lowest BCUT2D eigenvalue weighted by atomic mass is 10.0. The third-order valence-electron chi connectivity index (χ3n) is 5.98. The molecule has 0 aliphatic carbocycles. The Hall–Kier alpha value is -4.39. The van der Waals surface area contributed by atoms with Crippen molar-refractivity contribution in [3.8, 4) is 5.75 Å². The van der Waals surface area contributed by atoms with Crippen molar-refractivity contribution in [2.24, 2.45) is 0 Å². The molecule has 1 aliphatic rings. The van der Waals surface area contributed by atoms with E-state index in [0.29, 0.717) is 22.8 Å². The summed E-state index contributed by atoms with van der Waals surface area (Å²) in [5.74, 6) is -0.452. The summed E-state index contributed by atoms with van der Waals surface area (Å²) >= 11 is 0. The number of ether oxygens (including phenoxy) is 1. The van der Waals surface area contributed by atoms with Crippen LogP contribution in [0.1, 0.15) is 23.1 Å². The quantitative estimate of drug-likeness (QED) is 0.512. The molecule has 35 heavy (non-hydrogen) atoms. The van der Waals surface area contributed by atoms with Crippen LogP contribution < -0.4 is 20.3 Å². The summed E-state index contributed by atoms with van der Waals surface area (Å²) in [5.41, 5.74) is 4.68. The van der Waals surface area contributed by atoms with Crippen molar-refractivity contribution in [3.05, 3.63) is 89.5 Å². The maximum absolute atomic E-state index is 13.3. The van der Waals surface area contributed by atoms with Crippen LogP contribution in [0.15, 0.2) is 72.8 Å². The number of nitrogens with zero attached hydrogens (tertiary/aromatic N) is 1. The summed E-state index contributed by atoms with van der Waals surface area (Å²) in [4.78, 5) is 40.6. The number of rotatable bonds is 6. The topological polar surface area (TPSA) is 87.7 Å². The average Bonchev–Trinajstić information content (AvgIpc) is 2.85. The van der Waals surface area contributed by atoms with Gasteiger partial charge in [0.05, 0.1) is 24.9 Å². The maximum atomic E-state index is 13.3. The van der Waals surface area contributed by atoms with Gasteiger partial charge in [-0.1, -0.05) is 30.3 Å². The second-order valence-corrected chi connectivity index (χ2v) is 8.39. The van der Waals surface area contributed by atoms with E-state index in [1.54, 1.807) is 49.6 Å². The van der Waals surface area contributed by atoms with Gasteiger partial charge in [0.2, 0.25) is 11.8 Å². The molecule has 7 nitrogen and oxygen atoms in total. The van der Waals surface area contributed by atoms with Gasteiger partial charge in [-0.15, -0.1) is 0 Å². The molecule has 1 atom stereocenters. The van der Waals surface area contributed by atoms with Crippen LogP contribution in [-0.2, 0) is 14.4 Å². The number of carbonyl (C=O) groups excluding carboxylic acids is 3. The van der Waals surface area contributed by atoms with Crippen LogP contribution in [0.5, 0.6) is 5.75 Å². The van der Waals surface area contributed by atoms with E-state index in [9.17, 15) is 14.4 Å². The lowest BCUT2D eigenvalue weighted by Gasteiger charge is -2.35. The Bertz CT molecular complexity index is 1300. The van der Waals surface area contributed by atoms with E-state index in [0.717, 1.165) is 16.7 Å². The van der Waals surface area contributed by atoms with Gasteiger partial charge in [0.25, 0.3) is 5.91 Å². The molecule has 4 rings (SSSR count). The molecule has 3 amide bonds. The lowest BCUT2D eigenvalue weighted by Crippen LogP contribution is -2.52. The maximum Gasteiger partial charge on any atom is 0.251 e. The number of carbonyl (C=O) groups is 3. The van der Waals surface area contributed by atoms with Gasteiger partial charge in [-0.2, -0.15) is 0 Å². The van der Waals surface area contributed by atoms with Crippen LogP contribution in [0.4, 0.5) is 17.1 Å².